The number of hydrogen-bond acceptors (Lipinski definition) is 7. The molecule has 9 heteroatoms. The van der Waals surface area contributed by atoms with E-state index < -0.39 is 23.1 Å². The maximum atomic E-state index is 13.1. The van der Waals surface area contributed by atoms with E-state index in [9.17, 15) is 14.4 Å². The van der Waals surface area contributed by atoms with Crippen LogP contribution in [0.15, 0.2) is 21.7 Å². The van der Waals surface area contributed by atoms with Crippen molar-refractivity contribution in [2.45, 2.75) is 25.9 Å². The first-order valence-electron chi connectivity index (χ1n) is 9.28. The van der Waals surface area contributed by atoms with Gasteiger partial charge in [0.05, 0.1) is 20.3 Å². The van der Waals surface area contributed by atoms with E-state index in [1.807, 2.05) is 17.0 Å². The smallest absolute Gasteiger partial charge is 0.332 e. The number of hydrogen-bond donors (Lipinski definition) is 1. The Morgan fingerprint density at radius 2 is 1.66 bits per heavy atom. The van der Waals surface area contributed by atoms with Gasteiger partial charge in [0, 0.05) is 27.2 Å². The first kappa shape index (κ1) is 20.7. The van der Waals surface area contributed by atoms with Crippen molar-refractivity contribution in [1.82, 2.24) is 14.0 Å². The summed E-state index contributed by atoms with van der Waals surface area (Å²) in [5.74, 6) is 0.787. The average Bonchev–Trinajstić information content (AvgIpc) is 2.74. The largest absolute Gasteiger partial charge is 0.493 e. The summed E-state index contributed by atoms with van der Waals surface area (Å²) in [5.41, 5.74) is 6.73. The number of nitrogens with zero attached hydrogens (tertiary/aromatic N) is 3. The number of carbonyl (C=O) groups excluding carboxylic acids is 1. The number of anilines is 1. The van der Waals surface area contributed by atoms with Crippen LogP contribution in [0.2, 0.25) is 0 Å². The summed E-state index contributed by atoms with van der Waals surface area (Å²) in [5, 5.41) is 0. The highest BCUT2D eigenvalue weighted by Gasteiger charge is 2.31. The number of Topliss-reactive ketones (excluding diaryl/α,β-unsaturated/α-hetero) is 1. The molecular formula is C20H26N4O5. The molecule has 1 atom stereocenters. The first-order chi connectivity index (χ1) is 13.7. The van der Waals surface area contributed by atoms with Crippen molar-refractivity contribution in [3.05, 3.63) is 49.7 Å². The van der Waals surface area contributed by atoms with Crippen molar-refractivity contribution >= 4 is 11.6 Å². The van der Waals surface area contributed by atoms with E-state index in [2.05, 4.69) is 0 Å². The lowest BCUT2D eigenvalue weighted by atomic mass is 9.96. The molecule has 0 saturated heterocycles. The molecule has 29 heavy (non-hydrogen) atoms. The van der Waals surface area contributed by atoms with E-state index >= 15 is 0 Å². The van der Waals surface area contributed by atoms with Crippen LogP contribution < -0.4 is 26.5 Å². The fraction of sp³-hybridized carbons (Fsp3) is 0.450. The second kappa shape index (κ2) is 7.75. The Kier molecular flexibility index (Phi) is 5.52. The highest BCUT2D eigenvalue weighted by atomic mass is 16.5. The summed E-state index contributed by atoms with van der Waals surface area (Å²) >= 11 is 0. The molecule has 1 aromatic carbocycles. The quantitative estimate of drug-likeness (QED) is 0.717. The number of methoxy groups -OCH3 is 2. The van der Waals surface area contributed by atoms with Gasteiger partial charge >= 0.3 is 5.69 Å². The van der Waals surface area contributed by atoms with Crippen molar-refractivity contribution in [1.29, 1.82) is 0 Å². The van der Waals surface area contributed by atoms with Gasteiger partial charge in [-0.1, -0.05) is 0 Å². The Morgan fingerprint density at radius 1 is 1.07 bits per heavy atom. The minimum absolute atomic E-state index is 0.112. The molecule has 156 valence electrons. The number of aromatic nitrogens is 2. The highest BCUT2D eigenvalue weighted by Crippen LogP contribution is 2.33. The summed E-state index contributed by atoms with van der Waals surface area (Å²) in [7, 11) is 5.95. The van der Waals surface area contributed by atoms with Crippen LogP contribution in [-0.2, 0) is 27.1 Å². The van der Waals surface area contributed by atoms with Gasteiger partial charge in [-0.15, -0.1) is 0 Å². The molecule has 1 aliphatic rings. The molecule has 0 radical (unpaired) electrons. The summed E-state index contributed by atoms with van der Waals surface area (Å²) < 4.78 is 12.8. The second-order valence-electron chi connectivity index (χ2n) is 7.20. The molecule has 0 unspecified atom stereocenters. The molecule has 2 aromatic rings. The van der Waals surface area contributed by atoms with E-state index in [0.29, 0.717) is 24.6 Å². The summed E-state index contributed by atoms with van der Waals surface area (Å²) in [6, 6.07) is 3.29. The molecule has 0 saturated carbocycles. The van der Waals surface area contributed by atoms with Crippen molar-refractivity contribution in [2.24, 2.45) is 14.1 Å². The predicted octanol–water partition coefficient (Wildman–Crippen LogP) is 0.313. The van der Waals surface area contributed by atoms with Crippen LogP contribution in [-0.4, -0.2) is 46.6 Å². The lowest BCUT2D eigenvalue weighted by Crippen LogP contribution is -2.47. The standard InChI is InChI=1S/C20H26N4O5/c1-11(17(25)16-18(21)22(2)20(27)23(3)19(16)26)24-7-6-12-8-14(28-4)15(29-5)9-13(12)10-24/h8-9,11H,6-7,10,21H2,1-5H3/t11-/m1/s1. The maximum absolute atomic E-state index is 13.1. The lowest BCUT2D eigenvalue weighted by Gasteiger charge is -2.33. The van der Waals surface area contributed by atoms with Crippen molar-refractivity contribution < 1.29 is 14.3 Å². The Morgan fingerprint density at radius 3 is 2.24 bits per heavy atom. The third-order valence-electron chi connectivity index (χ3n) is 5.63. The molecule has 3 rings (SSSR count). The third kappa shape index (κ3) is 3.42. The lowest BCUT2D eigenvalue weighted by molar-refractivity contribution is 0.0817. The van der Waals surface area contributed by atoms with E-state index in [4.69, 9.17) is 15.2 Å². The number of nitrogens with two attached hydrogens (primary N) is 1. The zero-order chi connectivity index (χ0) is 21.5. The normalized spacial score (nSPS) is 14.9. The van der Waals surface area contributed by atoms with Gasteiger partial charge in [0.1, 0.15) is 11.4 Å². The number of ketones is 1. The Labute approximate surface area is 168 Å². The fourth-order valence-electron chi connectivity index (χ4n) is 3.70. The van der Waals surface area contributed by atoms with Gasteiger partial charge in [0.15, 0.2) is 17.3 Å². The summed E-state index contributed by atoms with van der Waals surface area (Å²) in [4.78, 5) is 39.7. The van der Waals surface area contributed by atoms with E-state index in [-0.39, 0.29) is 11.4 Å². The van der Waals surface area contributed by atoms with Gasteiger partial charge in [-0.05, 0) is 36.6 Å². The van der Waals surface area contributed by atoms with Gasteiger partial charge in [-0.3, -0.25) is 23.6 Å². The SMILES string of the molecule is COc1cc2c(cc1OC)CN([C@H](C)C(=O)c1c(N)n(C)c(=O)n(C)c1=O)CC2. The highest BCUT2D eigenvalue weighted by molar-refractivity contribution is 6.03. The van der Waals surface area contributed by atoms with Crippen LogP contribution in [0.4, 0.5) is 5.82 Å². The fourth-order valence-corrected chi connectivity index (χ4v) is 3.70. The van der Waals surface area contributed by atoms with Crippen molar-refractivity contribution in [3.63, 3.8) is 0 Å². The molecule has 0 aliphatic carbocycles. The first-order valence-corrected chi connectivity index (χ1v) is 9.28. The molecule has 1 aromatic heterocycles. The molecule has 0 amide bonds. The third-order valence-corrected chi connectivity index (χ3v) is 5.63. The topological polar surface area (TPSA) is 109 Å². The Hall–Kier alpha value is -3.07. The molecular weight excluding hydrogens is 376 g/mol. The molecule has 0 bridgehead atoms. The van der Waals surface area contributed by atoms with Gasteiger partial charge in [-0.2, -0.15) is 0 Å². The summed E-state index contributed by atoms with van der Waals surface area (Å²) in [6.45, 7) is 2.91. The number of rotatable bonds is 5. The number of fused-ring (bicyclic) bond motifs is 1. The molecule has 2 heterocycles. The molecule has 1 aliphatic heterocycles. The van der Waals surface area contributed by atoms with E-state index in [0.717, 1.165) is 26.7 Å². The van der Waals surface area contributed by atoms with E-state index in [1.54, 1.807) is 21.1 Å². The van der Waals surface area contributed by atoms with Crippen LogP contribution in [0.3, 0.4) is 0 Å². The average molecular weight is 402 g/mol. The second-order valence-corrected chi connectivity index (χ2v) is 7.20. The van der Waals surface area contributed by atoms with Gasteiger partial charge in [-0.25, -0.2) is 4.79 Å². The van der Waals surface area contributed by atoms with Crippen LogP contribution in [0.25, 0.3) is 0 Å². The number of nitrogen functional groups attached to an aromatic ring is 1. The van der Waals surface area contributed by atoms with Gasteiger partial charge < -0.3 is 15.2 Å². The summed E-state index contributed by atoms with van der Waals surface area (Å²) in [6.07, 6.45) is 0.730. The van der Waals surface area contributed by atoms with Crippen LogP contribution in [0.5, 0.6) is 11.5 Å². The monoisotopic (exact) mass is 402 g/mol. The van der Waals surface area contributed by atoms with E-state index in [1.165, 1.54) is 14.1 Å². The van der Waals surface area contributed by atoms with Crippen LogP contribution in [0, 0.1) is 0 Å². The van der Waals surface area contributed by atoms with Gasteiger partial charge in [0.2, 0.25) is 0 Å². The minimum atomic E-state index is -0.675. The number of ether oxygens (including phenoxy) is 2. The molecule has 0 fully saturated rings. The molecule has 2 N–H and O–H groups in total. The predicted molar refractivity (Wildman–Crippen MR) is 109 cm³/mol. The minimum Gasteiger partial charge on any atom is -0.493 e. The van der Waals surface area contributed by atoms with Gasteiger partial charge in [0.25, 0.3) is 5.56 Å². The zero-order valence-corrected chi connectivity index (χ0v) is 17.3. The number of benzene rings is 1. The Balaban J connectivity index is 1.93. The van der Waals surface area contributed by atoms with Crippen LogP contribution >= 0.6 is 0 Å². The van der Waals surface area contributed by atoms with Crippen LogP contribution in [0.1, 0.15) is 28.4 Å². The maximum Gasteiger partial charge on any atom is 0.332 e. The van der Waals surface area contributed by atoms with Crippen molar-refractivity contribution in [2.75, 3.05) is 26.5 Å². The van der Waals surface area contributed by atoms with Crippen molar-refractivity contribution in [3.8, 4) is 11.5 Å². The Bertz CT molecular complexity index is 1090. The molecule has 0 spiro atoms. The zero-order valence-electron chi connectivity index (χ0n) is 17.3. The molecule has 9 nitrogen and oxygen atoms in total. The number of carbonyl (C=O) groups is 1.